The van der Waals surface area contributed by atoms with Crippen LogP contribution in [0, 0.1) is 0 Å². The molecule has 0 spiro atoms. The maximum atomic E-state index is 13.1. The van der Waals surface area contributed by atoms with Crippen LogP contribution >= 0.6 is 23.2 Å². The van der Waals surface area contributed by atoms with E-state index < -0.39 is 17.8 Å². The van der Waals surface area contributed by atoms with Crippen molar-refractivity contribution in [1.82, 2.24) is 15.0 Å². The Bertz CT molecular complexity index is 1470. The Morgan fingerprint density at radius 2 is 1.49 bits per heavy atom. The number of carbonyl (C=O) groups excluding carboxylic acids is 2. The van der Waals surface area contributed by atoms with E-state index in [0.717, 1.165) is 33.8 Å². The van der Waals surface area contributed by atoms with Crippen molar-refractivity contribution in [2.45, 2.75) is 39.5 Å². The molecule has 0 saturated carbocycles. The molecule has 2 amide bonds. The van der Waals surface area contributed by atoms with Crippen LogP contribution in [-0.2, 0) is 22.3 Å². The zero-order valence-electron chi connectivity index (χ0n) is 22.5. The van der Waals surface area contributed by atoms with Crippen LogP contribution in [-0.4, -0.2) is 45.8 Å². The van der Waals surface area contributed by atoms with Crippen LogP contribution < -0.4 is 0 Å². The number of hydrogen-bond acceptors (Lipinski definition) is 3. The Morgan fingerprint density at radius 1 is 0.951 bits per heavy atom. The van der Waals surface area contributed by atoms with E-state index in [1.54, 1.807) is 34.3 Å². The van der Waals surface area contributed by atoms with Crippen LogP contribution in [0.4, 0.5) is 13.2 Å². The number of carbonyl (C=O) groups is 2. The van der Waals surface area contributed by atoms with Gasteiger partial charge in [-0.3, -0.25) is 14.6 Å². The summed E-state index contributed by atoms with van der Waals surface area (Å²) in [6, 6.07) is 18.4. The SMILES string of the molecule is CCN1/C(=N\N(C=O)Cc2ccc(C(F)(F)F)cc2)C(c2ccc(Cl)cc2)=C(c2ccc(Cl)cc2)C(C)N1C(C)=O. The monoisotopic (exact) mass is 602 g/mol. The Hall–Kier alpha value is -3.82. The molecular weight excluding hydrogens is 576 g/mol. The van der Waals surface area contributed by atoms with E-state index >= 15 is 0 Å². The highest BCUT2D eigenvalue weighted by Gasteiger charge is 2.39. The highest BCUT2D eigenvalue weighted by molar-refractivity contribution is 6.33. The first kappa shape index (κ1) is 30.1. The van der Waals surface area contributed by atoms with E-state index in [1.165, 1.54) is 19.1 Å². The van der Waals surface area contributed by atoms with Gasteiger partial charge in [0.1, 0.15) is 0 Å². The third-order valence-corrected chi connectivity index (χ3v) is 7.17. The van der Waals surface area contributed by atoms with Gasteiger partial charge < -0.3 is 0 Å². The molecule has 0 aromatic heterocycles. The average molecular weight is 603 g/mol. The molecule has 0 fully saturated rings. The van der Waals surface area contributed by atoms with E-state index in [4.69, 9.17) is 23.2 Å². The number of likely N-dealkylation sites (N-methyl/N-ethyl adjacent to an activating group) is 1. The molecule has 0 aliphatic carbocycles. The molecule has 3 aromatic carbocycles. The first-order chi connectivity index (χ1) is 19.4. The summed E-state index contributed by atoms with van der Waals surface area (Å²) < 4.78 is 39.2. The molecule has 1 unspecified atom stereocenters. The van der Waals surface area contributed by atoms with Gasteiger partial charge in [0.05, 0.1) is 18.2 Å². The molecule has 0 radical (unpaired) electrons. The lowest BCUT2D eigenvalue weighted by Crippen LogP contribution is -2.57. The molecule has 11 heteroatoms. The van der Waals surface area contributed by atoms with Gasteiger partial charge >= 0.3 is 6.18 Å². The summed E-state index contributed by atoms with van der Waals surface area (Å²) >= 11 is 12.4. The van der Waals surface area contributed by atoms with Gasteiger partial charge in [0.15, 0.2) is 5.84 Å². The number of hydrazone groups is 1. The molecule has 1 atom stereocenters. The maximum Gasteiger partial charge on any atom is 0.416 e. The van der Waals surface area contributed by atoms with Gasteiger partial charge in [-0.25, -0.2) is 10.0 Å². The summed E-state index contributed by atoms with van der Waals surface area (Å²) in [7, 11) is 0. The fourth-order valence-electron chi connectivity index (χ4n) is 4.86. The molecule has 1 aliphatic heterocycles. The van der Waals surface area contributed by atoms with Crippen molar-refractivity contribution in [2.75, 3.05) is 6.54 Å². The molecule has 0 saturated heterocycles. The summed E-state index contributed by atoms with van der Waals surface area (Å²) in [5, 5.41) is 10.1. The first-order valence-corrected chi connectivity index (χ1v) is 13.5. The smallest absolute Gasteiger partial charge is 0.277 e. The predicted octanol–water partition coefficient (Wildman–Crippen LogP) is 7.38. The van der Waals surface area contributed by atoms with E-state index in [9.17, 15) is 22.8 Å². The summed E-state index contributed by atoms with van der Waals surface area (Å²) in [6.45, 7) is 5.44. The number of nitrogens with zero attached hydrogens (tertiary/aromatic N) is 4. The number of alkyl halides is 3. The van der Waals surface area contributed by atoms with Crippen LogP contribution in [0.5, 0.6) is 0 Å². The molecular formula is C30H27Cl2F3N4O2. The van der Waals surface area contributed by atoms with Crippen molar-refractivity contribution in [2.24, 2.45) is 5.10 Å². The lowest BCUT2D eigenvalue weighted by molar-refractivity contribution is -0.142. The number of halogens is 5. The Labute approximate surface area is 246 Å². The van der Waals surface area contributed by atoms with Crippen molar-refractivity contribution in [3.8, 4) is 0 Å². The van der Waals surface area contributed by atoms with Gasteiger partial charge in [0.25, 0.3) is 0 Å². The minimum absolute atomic E-state index is 0.0947. The van der Waals surface area contributed by atoms with Crippen molar-refractivity contribution in [1.29, 1.82) is 0 Å². The summed E-state index contributed by atoms with van der Waals surface area (Å²) in [6.07, 6.45) is -3.98. The Balaban J connectivity index is 1.93. The third kappa shape index (κ3) is 6.57. The number of amidine groups is 1. The molecule has 0 bridgehead atoms. The van der Waals surface area contributed by atoms with Crippen molar-refractivity contribution >= 4 is 52.5 Å². The van der Waals surface area contributed by atoms with Gasteiger partial charge in [-0.2, -0.15) is 13.2 Å². The zero-order chi connectivity index (χ0) is 29.9. The van der Waals surface area contributed by atoms with Gasteiger partial charge in [-0.05, 0) is 72.5 Å². The van der Waals surface area contributed by atoms with Crippen molar-refractivity contribution in [3.05, 3.63) is 105 Å². The average Bonchev–Trinajstić information content (AvgIpc) is 2.93. The second-order valence-corrected chi connectivity index (χ2v) is 10.3. The molecule has 3 aromatic rings. The van der Waals surface area contributed by atoms with Gasteiger partial charge in [-0.1, -0.05) is 59.6 Å². The van der Waals surface area contributed by atoms with Crippen LogP contribution in [0.3, 0.4) is 0 Å². The van der Waals surface area contributed by atoms with Crippen molar-refractivity contribution < 1.29 is 22.8 Å². The minimum Gasteiger partial charge on any atom is -0.277 e. The second-order valence-electron chi connectivity index (χ2n) is 9.38. The first-order valence-electron chi connectivity index (χ1n) is 12.7. The van der Waals surface area contributed by atoms with Crippen LogP contribution in [0.25, 0.3) is 11.1 Å². The standard InChI is InChI=1S/C30H27Cl2F3N4O2/c1-4-38-29(36-37(18-40)17-21-5-11-24(12-6-21)30(33,34)35)28(23-9-15-26(32)16-10-23)27(19(2)39(38)20(3)41)22-7-13-25(31)14-8-22/h5-16,18-19H,4,17H2,1-3H3/b36-29-. The Morgan fingerprint density at radius 3 is 1.95 bits per heavy atom. The third-order valence-electron chi connectivity index (χ3n) is 6.66. The molecule has 41 heavy (non-hydrogen) atoms. The fraction of sp³-hybridized carbons (Fsp3) is 0.233. The number of hydrogen-bond donors (Lipinski definition) is 0. The molecule has 1 heterocycles. The number of amides is 2. The van der Waals surface area contributed by atoms with E-state index in [1.807, 2.05) is 38.1 Å². The lowest BCUT2D eigenvalue weighted by Gasteiger charge is -2.46. The van der Waals surface area contributed by atoms with Crippen LogP contribution in [0.15, 0.2) is 77.9 Å². The van der Waals surface area contributed by atoms with Crippen LogP contribution in [0.1, 0.15) is 43.0 Å². The molecule has 4 rings (SSSR count). The molecule has 0 N–H and O–H groups in total. The normalized spacial score (nSPS) is 16.8. The molecule has 1 aliphatic rings. The topological polar surface area (TPSA) is 56.2 Å². The minimum atomic E-state index is -4.48. The largest absolute Gasteiger partial charge is 0.416 e. The number of hydrazine groups is 1. The van der Waals surface area contributed by atoms with E-state index in [0.29, 0.717) is 40.0 Å². The van der Waals surface area contributed by atoms with Crippen molar-refractivity contribution in [3.63, 3.8) is 0 Å². The number of rotatable bonds is 7. The Kier molecular flexibility index (Phi) is 9.09. The fourth-order valence-corrected chi connectivity index (χ4v) is 5.11. The summed E-state index contributed by atoms with van der Waals surface area (Å²) in [5.41, 5.74) is 2.62. The highest BCUT2D eigenvalue weighted by Crippen LogP contribution is 2.39. The van der Waals surface area contributed by atoms with Crippen LogP contribution in [0.2, 0.25) is 10.0 Å². The number of benzene rings is 3. The summed E-state index contributed by atoms with van der Waals surface area (Å²) in [4.78, 5) is 25.2. The van der Waals surface area contributed by atoms with Gasteiger partial charge in [0, 0.05) is 29.1 Å². The second kappa shape index (κ2) is 12.4. The predicted molar refractivity (Wildman–Crippen MR) is 155 cm³/mol. The highest BCUT2D eigenvalue weighted by atomic mass is 35.5. The van der Waals surface area contributed by atoms with E-state index in [2.05, 4.69) is 5.10 Å². The molecule has 6 nitrogen and oxygen atoms in total. The molecule has 214 valence electrons. The quantitative estimate of drug-likeness (QED) is 0.209. The zero-order valence-corrected chi connectivity index (χ0v) is 24.0. The lowest BCUT2D eigenvalue weighted by atomic mass is 9.87. The van der Waals surface area contributed by atoms with Gasteiger partial charge in [0.2, 0.25) is 12.3 Å². The van der Waals surface area contributed by atoms with Gasteiger partial charge in [-0.15, -0.1) is 5.10 Å². The van der Waals surface area contributed by atoms with E-state index in [-0.39, 0.29) is 12.5 Å². The maximum absolute atomic E-state index is 13.1. The summed E-state index contributed by atoms with van der Waals surface area (Å²) in [5.74, 6) is 0.0705.